The summed E-state index contributed by atoms with van der Waals surface area (Å²) in [7, 11) is 0. The van der Waals surface area contributed by atoms with Crippen molar-refractivity contribution in [3.63, 3.8) is 0 Å². The number of Topliss-reactive ketones (excluding diaryl/α,β-unsaturated/α-hetero) is 1. The van der Waals surface area contributed by atoms with Gasteiger partial charge in [0, 0.05) is 30.3 Å². The van der Waals surface area contributed by atoms with Gasteiger partial charge in [0.15, 0.2) is 0 Å². The quantitative estimate of drug-likeness (QED) is 0.864. The zero-order chi connectivity index (χ0) is 17.0. The highest BCUT2D eigenvalue weighted by atomic mass is 16.3. The molecule has 2 saturated carbocycles. The van der Waals surface area contributed by atoms with Crippen molar-refractivity contribution in [1.82, 2.24) is 4.90 Å². The van der Waals surface area contributed by atoms with Crippen LogP contribution >= 0.6 is 0 Å². The number of phenolic OH excluding ortho intramolecular Hbond substituents is 1. The third kappa shape index (κ3) is 1.59. The first-order chi connectivity index (χ1) is 12.0. The van der Waals surface area contributed by atoms with Gasteiger partial charge in [-0.2, -0.15) is 0 Å². The number of nitrogens with zero attached hydrogens (tertiary/aromatic N) is 1. The second-order valence-corrected chi connectivity index (χ2v) is 9.12. The van der Waals surface area contributed by atoms with Crippen LogP contribution in [0.25, 0.3) is 0 Å². The number of rotatable bonds is 2. The van der Waals surface area contributed by atoms with Crippen LogP contribution in [0.5, 0.6) is 5.75 Å². The number of aliphatic hydroxyl groups is 1. The molecule has 0 unspecified atom stereocenters. The van der Waals surface area contributed by atoms with Crippen molar-refractivity contribution in [2.45, 2.75) is 62.0 Å². The number of hydrogen-bond donors (Lipinski definition) is 2. The van der Waals surface area contributed by atoms with Gasteiger partial charge in [0.05, 0.1) is 5.60 Å². The van der Waals surface area contributed by atoms with Gasteiger partial charge in [-0.3, -0.25) is 9.69 Å². The molecule has 2 N–H and O–H groups in total. The Hall–Kier alpha value is -1.39. The van der Waals surface area contributed by atoms with Gasteiger partial charge in [0.2, 0.25) is 0 Å². The van der Waals surface area contributed by atoms with Gasteiger partial charge in [-0.25, -0.2) is 0 Å². The molecule has 1 spiro atoms. The minimum absolute atomic E-state index is 0.125. The van der Waals surface area contributed by atoms with E-state index in [4.69, 9.17) is 0 Å². The van der Waals surface area contributed by atoms with Gasteiger partial charge < -0.3 is 10.2 Å². The molecule has 4 aliphatic carbocycles. The minimum atomic E-state index is -0.815. The van der Waals surface area contributed by atoms with Crippen molar-refractivity contribution < 1.29 is 15.0 Å². The summed E-state index contributed by atoms with van der Waals surface area (Å²) in [6, 6.07) is 3.98. The van der Waals surface area contributed by atoms with E-state index in [9.17, 15) is 15.0 Å². The Kier molecular flexibility index (Phi) is 2.64. The summed E-state index contributed by atoms with van der Waals surface area (Å²) in [6.45, 7) is 2.07. The van der Waals surface area contributed by atoms with Crippen LogP contribution in [0, 0.1) is 11.8 Å². The largest absolute Gasteiger partial charge is 0.508 e. The molecule has 0 radical (unpaired) electrons. The maximum absolute atomic E-state index is 12.8. The lowest BCUT2D eigenvalue weighted by atomic mass is 9.48. The fraction of sp³-hybridized carbons (Fsp3) is 0.667. The first-order valence-corrected chi connectivity index (χ1v) is 9.88. The molecule has 0 amide bonds. The van der Waals surface area contributed by atoms with Crippen LogP contribution in [0.3, 0.4) is 0 Å². The monoisotopic (exact) mass is 339 g/mol. The van der Waals surface area contributed by atoms with E-state index in [0.29, 0.717) is 30.8 Å². The van der Waals surface area contributed by atoms with E-state index in [1.807, 2.05) is 6.07 Å². The first kappa shape index (κ1) is 14.7. The summed E-state index contributed by atoms with van der Waals surface area (Å²) in [4.78, 5) is 15.4. The Morgan fingerprint density at radius 1 is 1.20 bits per heavy atom. The van der Waals surface area contributed by atoms with E-state index < -0.39 is 11.0 Å². The highest BCUT2D eigenvalue weighted by Crippen LogP contribution is 2.65. The number of carbonyl (C=O) groups is 1. The number of benzene rings is 1. The van der Waals surface area contributed by atoms with E-state index in [-0.39, 0.29) is 12.0 Å². The fourth-order valence-electron chi connectivity index (χ4n) is 6.90. The SMILES string of the molecule is O=C1CC[C@@]2(O)[C@H]3Cc4ccc(O)c5c4[C@@]2(CCN3CC2CC2)[C@H]1C5. The predicted molar refractivity (Wildman–Crippen MR) is 92.6 cm³/mol. The third-order valence-corrected chi connectivity index (χ3v) is 8.13. The van der Waals surface area contributed by atoms with Crippen molar-refractivity contribution in [2.24, 2.45) is 11.8 Å². The molecule has 1 aromatic carbocycles. The highest BCUT2D eigenvalue weighted by Gasteiger charge is 2.71. The third-order valence-electron chi connectivity index (χ3n) is 8.13. The Bertz CT molecular complexity index is 801. The minimum Gasteiger partial charge on any atom is -0.508 e. The average Bonchev–Trinajstić information content (AvgIpc) is 3.32. The number of likely N-dealkylation sites (tertiary alicyclic amines) is 1. The molecule has 6 rings (SSSR count). The number of carbonyl (C=O) groups excluding carboxylic acids is 1. The van der Waals surface area contributed by atoms with Crippen LogP contribution in [0.1, 0.15) is 48.8 Å². The van der Waals surface area contributed by atoms with E-state index >= 15 is 0 Å². The molecule has 1 aliphatic heterocycles. The molecule has 132 valence electrons. The maximum atomic E-state index is 12.8. The van der Waals surface area contributed by atoms with Crippen molar-refractivity contribution in [3.05, 3.63) is 28.8 Å². The molecular formula is C21H25NO3. The zero-order valence-corrected chi connectivity index (χ0v) is 14.5. The molecule has 3 fully saturated rings. The second-order valence-electron chi connectivity index (χ2n) is 9.12. The molecular weight excluding hydrogens is 314 g/mol. The van der Waals surface area contributed by atoms with Crippen molar-refractivity contribution in [3.8, 4) is 5.75 Å². The molecule has 0 aromatic heterocycles. The molecule has 4 heteroatoms. The smallest absolute Gasteiger partial charge is 0.137 e. The van der Waals surface area contributed by atoms with Gasteiger partial charge in [0.1, 0.15) is 11.5 Å². The Morgan fingerprint density at radius 3 is 2.84 bits per heavy atom. The average molecular weight is 339 g/mol. The van der Waals surface area contributed by atoms with E-state index in [0.717, 1.165) is 43.0 Å². The lowest BCUT2D eigenvalue weighted by Gasteiger charge is -2.64. The number of aromatic hydroxyl groups is 1. The van der Waals surface area contributed by atoms with Crippen LogP contribution in [0.4, 0.5) is 0 Å². The summed E-state index contributed by atoms with van der Waals surface area (Å²) in [5, 5.41) is 22.5. The van der Waals surface area contributed by atoms with Gasteiger partial charge in [-0.15, -0.1) is 0 Å². The van der Waals surface area contributed by atoms with E-state index in [1.165, 1.54) is 18.4 Å². The molecule has 5 aliphatic rings. The number of phenols is 1. The molecule has 4 atom stereocenters. The summed E-state index contributed by atoms with van der Waals surface area (Å²) in [5.74, 6) is 1.28. The number of hydrogen-bond acceptors (Lipinski definition) is 4. The standard InChI is InChI=1S/C21H25NO3/c23-16-4-3-13-9-18-21(25)6-5-17(24)15-10-14(16)19(13)20(15,21)7-8-22(18)11-12-1-2-12/h3-4,12,15,18,23,25H,1-2,5-11H2/t15-,18+,20+,21+/m0/s1. The fourth-order valence-corrected chi connectivity index (χ4v) is 6.90. The van der Waals surface area contributed by atoms with E-state index in [2.05, 4.69) is 4.90 Å². The maximum Gasteiger partial charge on any atom is 0.137 e. The van der Waals surface area contributed by atoms with E-state index in [1.54, 1.807) is 6.07 Å². The topological polar surface area (TPSA) is 60.8 Å². The van der Waals surface area contributed by atoms with Gasteiger partial charge in [-0.05, 0) is 73.7 Å². The van der Waals surface area contributed by atoms with Crippen molar-refractivity contribution >= 4 is 5.78 Å². The molecule has 4 nitrogen and oxygen atoms in total. The molecule has 1 aromatic rings. The van der Waals surface area contributed by atoms with Crippen LogP contribution in [0.2, 0.25) is 0 Å². The first-order valence-electron chi connectivity index (χ1n) is 9.88. The number of piperidine rings is 1. The van der Waals surface area contributed by atoms with Gasteiger partial charge in [0.25, 0.3) is 0 Å². The second kappa shape index (κ2) is 4.47. The van der Waals surface area contributed by atoms with Gasteiger partial charge >= 0.3 is 0 Å². The molecule has 1 heterocycles. The van der Waals surface area contributed by atoms with Crippen LogP contribution in [-0.2, 0) is 23.1 Å². The normalized spacial score (nSPS) is 41.7. The lowest BCUT2D eigenvalue weighted by molar-refractivity contribution is -0.184. The molecule has 1 saturated heterocycles. The molecule has 25 heavy (non-hydrogen) atoms. The Labute approximate surface area is 147 Å². The van der Waals surface area contributed by atoms with Gasteiger partial charge in [-0.1, -0.05) is 6.07 Å². The lowest BCUT2D eigenvalue weighted by Crippen LogP contribution is -2.75. The summed E-state index contributed by atoms with van der Waals surface area (Å²) >= 11 is 0. The number of ketones is 1. The van der Waals surface area contributed by atoms with Crippen LogP contribution < -0.4 is 0 Å². The van der Waals surface area contributed by atoms with Crippen LogP contribution in [-0.4, -0.2) is 45.6 Å². The highest BCUT2D eigenvalue weighted by molar-refractivity contribution is 5.87. The Morgan fingerprint density at radius 2 is 2.04 bits per heavy atom. The van der Waals surface area contributed by atoms with Crippen molar-refractivity contribution in [1.29, 1.82) is 0 Å². The Balaban J connectivity index is 1.58. The predicted octanol–water partition coefficient (Wildman–Crippen LogP) is 1.94. The summed E-state index contributed by atoms with van der Waals surface area (Å²) in [5.41, 5.74) is 2.10. The summed E-state index contributed by atoms with van der Waals surface area (Å²) in [6.07, 6.45) is 6.04. The van der Waals surface area contributed by atoms with Crippen LogP contribution in [0.15, 0.2) is 12.1 Å². The molecule has 2 bridgehead atoms. The zero-order valence-electron chi connectivity index (χ0n) is 14.5. The van der Waals surface area contributed by atoms with Crippen molar-refractivity contribution in [2.75, 3.05) is 13.1 Å². The summed E-state index contributed by atoms with van der Waals surface area (Å²) < 4.78 is 0.